The molecule has 0 atom stereocenters. The Balaban J connectivity index is 3.47. The zero-order valence-electron chi connectivity index (χ0n) is 6.97. The molecule has 0 aromatic heterocycles. The molecule has 1 aromatic rings. The maximum Gasteiger partial charge on any atom is 0.249 e. The van der Waals surface area contributed by atoms with Gasteiger partial charge in [-0.15, -0.1) is 0 Å². The molecule has 66 valence electrons. The summed E-state index contributed by atoms with van der Waals surface area (Å²) in [5.41, 5.74) is 6.72. The summed E-state index contributed by atoms with van der Waals surface area (Å²) in [6.07, 6.45) is 0. The van der Waals surface area contributed by atoms with Crippen LogP contribution in [0.5, 0.6) is 0 Å². The van der Waals surface area contributed by atoms with Gasteiger partial charge in [0, 0.05) is 9.13 Å². The molecule has 0 unspecified atom stereocenters. The van der Waals surface area contributed by atoms with Gasteiger partial charge < -0.3 is 5.73 Å². The Hall–Kier alpha value is -1.09. The molecular weight excluding hydrogens is 279 g/mol. The van der Waals surface area contributed by atoms with Crippen LogP contribution < -0.4 is 5.73 Å². The molecule has 1 amide bonds. The van der Waals surface area contributed by atoms with E-state index < -0.39 is 5.91 Å². The Morgan fingerprint density at radius 1 is 1.62 bits per heavy atom. The first kappa shape index (κ1) is 9.99. The van der Waals surface area contributed by atoms with Crippen LogP contribution in [0.1, 0.15) is 21.5 Å². The molecule has 0 bridgehead atoms. The molecule has 0 fully saturated rings. The van der Waals surface area contributed by atoms with Gasteiger partial charge in [0.15, 0.2) is 0 Å². The lowest BCUT2D eigenvalue weighted by Gasteiger charge is -2.03. The van der Waals surface area contributed by atoms with Crippen LogP contribution in [0, 0.1) is 21.8 Å². The number of nitrogens with zero attached hydrogens (tertiary/aromatic N) is 1. The molecule has 2 N–H and O–H groups in total. The molecule has 3 nitrogen and oxygen atoms in total. The smallest absolute Gasteiger partial charge is 0.249 e. The summed E-state index contributed by atoms with van der Waals surface area (Å²) in [7, 11) is 0. The predicted octanol–water partition coefficient (Wildman–Crippen LogP) is 1.57. The summed E-state index contributed by atoms with van der Waals surface area (Å²) in [5.74, 6) is -0.493. The van der Waals surface area contributed by atoms with Crippen LogP contribution in [-0.2, 0) is 0 Å². The highest BCUT2D eigenvalue weighted by molar-refractivity contribution is 14.1. The molecule has 0 saturated heterocycles. The van der Waals surface area contributed by atoms with Crippen LogP contribution in [0.25, 0.3) is 0 Å². The minimum absolute atomic E-state index is 0.420. The zero-order valence-corrected chi connectivity index (χ0v) is 9.12. The van der Waals surface area contributed by atoms with Crippen molar-refractivity contribution in [1.82, 2.24) is 0 Å². The summed E-state index contributed by atoms with van der Waals surface area (Å²) in [6, 6.07) is 5.42. The quantitative estimate of drug-likeness (QED) is 0.796. The second-order valence-electron chi connectivity index (χ2n) is 2.60. The fourth-order valence-electron chi connectivity index (χ4n) is 1.05. The van der Waals surface area contributed by atoms with Crippen LogP contribution in [0.3, 0.4) is 0 Å². The van der Waals surface area contributed by atoms with E-state index in [2.05, 4.69) is 0 Å². The van der Waals surface area contributed by atoms with Crippen molar-refractivity contribution in [3.63, 3.8) is 0 Å². The number of primary amides is 1. The standard InChI is InChI=1S/C9H7IN2O/c1-5-6(4-11)2-7(10)3-8(5)9(12)13/h2-3H,1H3,(H2,12,13). The fraction of sp³-hybridized carbons (Fsp3) is 0.111. The summed E-state index contributed by atoms with van der Waals surface area (Å²) >= 11 is 2.05. The first-order valence-corrected chi connectivity index (χ1v) is 4.64. The molecule has 0 heterocycles. The molecule has 0 saturated carbocycles. The maximum absolute atomic E-state index is 11.0. The summed E-state index contributed by atoms with van der Waals surface area (Å²) in [4.78, 5) is 11.0. The monoisotopic (exact) mass is 286 g/mol. The van der Waals surface area contributed by atoms with Gasteiger partial charge in [-0.1, -0.05) is 0 Å². The van der Waals surface area contributed by atoms with Crippen molar-refractivity contribution in [1.29, 1.82) is 5.26 Å². The van der Waals surface area contributed by atoms with Crippen molar-refractivity contribution in [2.24, 2.45) is 5.73 Å². The summed E-state index contributed by atoms with van der Waals surface area (Å²) in [5, 5.41) is 8.74. The number of halogens is 1. The fourth-order valence-corrected chi connectivity index (χ4v) is 1.67. The third-order valence-electron chi connectivity index (χ3n) is 1.76. The third kappa shape index (κ3) is 1.98. The lowest BCUT2D eigenvalue weighted by molar-refractivity contribution is 0.0999. The number of amides is 1. The number of carbonyl (C=O) groups is 1. The lowest BCUT2D eigenvalue weighted by atomic mass is 10.0. The van der Waals surface area contributed by atoms with Crippen LogP contribution in [-0.4, -0.2) is 5.91 Å². The van der Waals surface area contributed by atoms with E-state index in [-0.39, 0.29) is 0 Å². The van der Waals surface area contributed by atoms with E-state index in [4.69, 9.17) is 11.0 Å². The number of rotatable bonds is 1. The number of nitrogens with two attached hydrogens (primary N) is 1. The molecule has 4 heteroatoms. The minimum atomic E-state index is -0.493. The van der Waals surface area contributed by atoms with Crippen molar-refractivity contribution < 1.29 is 4.79 Å². The van der Waals surface area contributed by atoms with Crippen molar-refractivity contribution >= 4 is 28.5 Å². The van der Waals surface area contributed by atoms with Gasteiger partial charge in [0.05, 0.1) is 11.6 Å². The number of nitriles is 1. The Kier molecular flexibility index (Phi) is 2.88. The minimum Gasteiger partial charge on any atom is -0.366 e. The van der Waals surface area contributed by atoms with Gasteiger partial charge in [0.2, 0.25) is 5.91 Å². The van der Waals surface area contributed by atoms with Crippen LogP contribution in [0.4, 0.5) is 0 Å². The number of hydrogen-bond donors (Lipinski definition) is 1. The SMILES string of the molecule is Cc1c(C#N)cc(I)cc1C(N)=O. The molecule has 1 rings (SSSR count). The van der Waals surface area contributed by atoms with Gasteiger partial charge >= 0.3 is 0 Å². The molecule has 0 aliphatic rings. The summed E-state index contributed by atoms with van der Waals surface area (Å²) in [6.45, 7) is 1.72. The molecule has 1 aromatic carbocycles. The highest BCUT2D eigenvalue weighted by Crippen LogP contribution is 2.17. The van der Waals surface area contributed by atoms with Crippen LogP contribution >= 0.6 is 22.6 Å². The largest absolute Gasteiger partial charge is 0.366 e. The zero-order chi connectivity index (χ0) is 10.0. The first-order valence-electron chi connectivity index (χ1n) is 3.56. The topological polar surface area (TPSA) is 66.9 Å². The van der Waals surface area contributed by atoms with Gasteiger partial charge in [-0.3, -0.25) is 4.79 Å². The van der Waals surface area contributed by atoms with E-state index in [1.165, 1.54) is 0 Å². The van der Waals surface area contributed by atoms with Crippen LogP contribution in [0.2, 0.25) is 0 Å². The first-order chi connectivity index (χ1) is 6.06. The normalized spacial score (nSPS) is 9.31. The van der Waals surface area contributed by atoms with Crippen molar-refractivity contribution in [3.05, 3.63) is 32.4 Å². The maximum atomic E-state index is 11.0. The average Bonchev–Trinajstić information content (AvgIpc) is 2.08. The Labute approximate surface area is 89.7 Å². The van der Waals surface area contributed by atoms with E-state index >= 15 is 0 Å². The second kappa shape index (κ2) is 3.75. The van der Waals surface area contributed by atoms with Crippen molar-refractivity contribution in [3.8, 4) is 6.07 Å². The van der Waals surface area contributed by atoms with Gasteiger partial charge in [-0.2, -0.15) is 5.26 Å². The number of carbonyl (C=O) groups excluding carboxylic acids is 1. The molecular formula is C9H7IN2O. The molecule has 0 radical (unpaired) electrons. The van der Waals surface area contributed by atoms with E-state index in [0.29, 0.717) is 16.7 Å². The summed E-state index contributed by atoms with van der Waals surface area (Å²) < 4.78 is 0.841. The van der Waals surface area contributed by atoms with E-state index in [1.54, 1.807) is 19.1 Å². The molecule has 0 spiro atoms. The van der Waals surface area contributed by atoms with Crippen LogP contribution in [0.15, 0.2) is 12.1 Å². The van der Waals surface area contributed by atoms with Gasteiger partial charge in [-0.25, -0.2) is 0 Å². The Morgan fingerprint density at radius 3 is 2.69 bits per heavy atom. The third-order valence-corrected chi connectivity index (χ3v) is 2.38. The second-order valence-corrected chi connectivity index (χ2v) is 3.85. The number of hydrogen-bond acceptors (Lipinski definition) is 2. The van der Waals surface area contributed by atoms with E-state index in [9.17, 15) is 4.79 Å². The Bertz CT molecular complexity index is 407. The Morgan fingerprint density at radius 2 is 2.23 bits per heavy atom. The predicted molar refractivity (Wildman–Crippen MR) is 57.1 cm³/mol. The van der Waals surface area contributed by atoms with Gasteiger partial charge in [-0.05, 0) is 47.2 Å². The molecule has 13 heavy (non-hydrogen) atoms. The van der Waals surface area contributed by atoms with E-state index in [1.807, 2.05) is 28.7 Å². The van der Waals surface area contributed by atoms with E-state index in [0.717, 1.165) is 3.57 Å². The van der Waals surface area contributed by atoms with Gasteiger partial charge in [0.1, 0.15) is 0 Å². The van der Waals surface area contributed by atoms with Crippen molar-refractivity contribution in [2.75, 3.05) is 0 Å². The average molecular weight is 286 g/mol. The van der Waals surface area contributed by atoms with Crippen molar-refractivity contribution in [2.45, 2.75) is 6.92 Å². The molecule has 0 aliphatic heterocycles. The lowest BCUT2D eigenvalue weighted by Crippen LogP contribution is -2.13. The number of benzene rings is 1. The highest BCUT2D eigenvalue weighted by Gasteiger charge is 2.09. The highest BCUT2D eigenvalue weighted by atomic mass is 127. The molecule has 0 aliphatic carbocycles. The van der Waals surface area contributed by atoms with Gasteiger partial charge in [0.25, 0.3) is 0 Å².